The minimum Gasteiger partial charge on any atom is -0.490 e. The van der Waals surface area contributed by atoms with E-state index in [1.54, 1.807) is 0 Å². The number of piperidine rings is 1. The zero-order chi connectivity index (χ0) is 19.2. The van der Waals surface area contributed by atoms with Gasteiger partial charge >= 0.3 is 0 Å². The first-order valence-corrected chi connectivity index (χ1v) is 9.06. The second kappa shape index (κ2) is 6.50. The molecule has 2 aromatic rings. The third kappa shape index (κ3) is 2.83. The molecule has 1 fully saturated rings. The highest BCUT2D eigenvalue weighted by atomic mass is 16.5. The number of hydrogen-bond donors (Lipinski definition) is 3. The lowest BCUT2D eigenvalue weighted by Gasteiger charge is -2.39. The molecule has 4 N–H and O–H groups in total. The van der Waals surface area contributed by atoms with Crippen LogP contribution in [0.1, 0.15) is 24.1 Å². The summed E-state index contributed by atoms with van der Waals surface area (Å²) in [7, 11) is 3.61. The van der Waals surface area contributed by atoms with Gasteiger partial charge in [-0.1, -0.05) is 0 Å². The zero-order valence-electron chi connectivity index (χ0n) is 15.9. The SMILES string of the molecule is COc1c(N)ncnc1Nc1cc(C)c2n(c1=O)C1(CCN(C)CC1)NC2. The Labute approximate surface area is 157 Å². The second-order valence-electron chi connectivity index (χ2n) is 7.28. The molecular formula is C18H25N7O2. The summed E-state index contributed by atoms with van der Waals surface area (Å²) in [5.74, 6) is 0.930. The maximum absolute atomic E-state index is 13.4. The van der Waals surface area contributed by atoms with Gasteiger partial charge in [-0.05, 0) is 38.4 Å². The van der Waals surface area contributed by atoms with Crippen LogP contribution in [0.2, 0.25) is 0 Å². The van der Waals surface area contributed by atoms with Crippen molar-refractivity contribution in [2.75, 3.05) is 38.3 Å². The van der Waals surface area contributed by atoms with Gasteiger partial charge < -0.3 is 20.7 Å². The summed E-state index contributed by atoms with van der Waals surface area (Å²) in [5, 5.41) is 6.71. The molecule has 2 aliphatic rings. The Morgan fingerprint density at radius 1 is 1.33 bits per heavy atom. The van der Waals surface area contributed by atoms with Gasteiger partial charge in [-0.15, -0.1) is 0 Å². The van der Waals surface area contributed by atoms with Gasteiger partial charge in [0, 0.05) is 25.3 Å². The highest BCUT2D eigenvalue weighted by Crippen LogP contribution is 2.34. The summed E-state index contributed by atoms with van der Waals surface area (Å²) >= 11 is 0. The number of aromatic nitrogens is 3. The summed E-state index contributed by atoms with van der Waals surface area (Å²) < 4.78 is 7.23. The predicted octanol–water partition coefficient (Wildman–Crippen LogP) is 0.763. The van der Waals surface area contributed by atoms with Gasteiger partial charge in [-0.2, -0.15) is 0 Å². The van der Waals surface area contributed by atoms with E-state index in [-0.39, 0.29) is 17.0 Å². The third-order valence-corrected chi connectivity index (χ3v) is 5.64. The van der Waals surface area contributed by atoms with Crippen LogP contribution >= 0.6 is 0 Å². The first kappa shape index (κ1) is 17.7. The number of methoxy groups -OCH3 is 1. The molecular weight excluding hydrogens is 346 g/mol. The Balaban J connectivity index is 1.78. The Kier molecular flexibility index (Phi) is 4.27. The topological polar surface area (TPSA) is 110 Å². The van der Waals surface area contributed by atoms with Crippen molar-refractivity contribution in [3.63, 3.8) is 0 Å². The minimum absolute atomic E-state index is 0.0654. The van der Waals surface area contributed by atoms with Crippen LogP contribution in [-0.4, -0.2) is 46.7 Å². The van der Waals surface area contributed by atoms with E-state index >= 15 is 0 Å². The number of hydrogen-bond acceptors (Lipinski definition) is 8. The Hall–Kier alpha value is -2.65. The Bertz CT molecular complexity index is 932. The molecule has 0 unspecified atom stereocenters. The molecule has 0 bridgehead atoms. The van der Waals surface area contributed by atoms with Crippen LogP contribution in [0.3, 0.4) is 0 Å². The van der Waals surface area contributed by atoms with Crippen LogP contribution in [0.15, 0.2) is 17.2 Å². The Morgan fingerprint density at radius 2 is 2.07 bits per heavy atom. The first-order chi connectivity index (χ1) is 12.9. The van der Waals surface area contributed by atoms with Crippen LogP contribution < -0.4 is 26.7 Å². The molecule has 9 heteroatoms. The molecule has 0 atom stereocenters. The normalized spacial score (nSPS) is 18.5. The summed E-state index contributed by atoms with van der Waals surface area (Å²) in [5.41, 5.74) is 8.02. The smallest absolute Gasteiger partial charge is 0.276 e. The lowest BCUT2D eigenvalue weighted by Crippen LogP contribution is -2.53. The largest absolute Gasteiger partial charge is 0.490 e. The summed E-state index contributed by atoms with van der Waals surface area (Å²) in [6, 6.07) is 1.86. The quantitative estimate of drug-likeness (QED) is 0.725. The van der Waals surface area contributed by atoms with Gasteiger partial charge in [0.1, 0.15) is 17.7 Å². The van der Waals surface area contributed by atoms with Crippen molar-refractivity contribution in [3.05, 3.63) is 34.0 Å². The van der Waals surface area contributed by atoms with Crippen LogP contribution in [0.5, 0.6) is 5.75 Å². The van der Waals surface area contributed by atoms with Crippen LogP contribution in [-0.2, 0) is 12.2 Å². The van der Waals surface area contributed by atoms with E-state index in [4.69, 9.17) is 10.5 Å². The number of nitrogens with zero attached hydrogens (tertiary/aromatic N) is 4. The molecule has 2 aromatic heterocycles. The van der Waals surface area contributed by atoms with Crippen molar-refractivity contribution in [2.45, 2.75) is 32.0 Å². The van der Waals surface area contributed by atoms with Crippen molar-refractivity contribution in [3.8, 4) is 5.75 Å². The lowest BCUT2D eigenvalue weighted by molar-refractivity contribution is 0.110. The van der Waals surface area contributed by atoms with E-state index in [2.05, 4.69) is 32.5 Å². The maximum atomic E-state index is 13.4. The summed E-state index contributed by atoms with van der Waals surface area (Å²) in [6.07, 6.45) is 3.13. The standard InChI is InChI=1S/C18H25N7O2/c1-11-8-12(23-16-14(27-3)15(19)20-10-21-16)17(26)25-13(11)9-22-18(25)4-6-24(2)7-5-18/h8,10,22H,4-7,9H2,1-3H3,(H3,19,20,21,23). The van der Waals surface area contributed by atoms with E-state index in [1.165, 1.54) is 13.4 Å². The fourth-order valence-electron chi connectivity index (χ4n) is 4.06. The molecule has 0 aliphatic carbocycles. The molecule has 4 heterocycles. The van der Waals surface area contributed by atoms with Crippen molar-refractivity contribution in [2.24, 2.45) is 0 Å². The molecule has 1 saturated heterocycles. The first-order valence-electron chi connectivity index (χ1n) is 9.06. The van der Waals surface area contributed by atoms with Crippen molar-refractivity contribution >= 4 is 17.3 Å². The Morgan fingerprint density at radius 3 is 2.78 bits per heavy atom. The van der Waals surface area contributed by atoms with Gasteiger partial charge in [-0.3, -0.25) is 14.7 Å². The van der Waals surface area contributed by atoms with E-state index < -0.39 is 0 Å². The number of aryl methyl sites for hydroxylation is 1. The van der Waals surface area contributed by atoms with Crippen LogP contribution in [0.25, 0.3) is 0 Å². The van der Waals surface area contributed by atoms with E-state index in [9.17, 15) is 4.79 Å². The monoisotopic (exact) mass is 371 g/mol. The highest BCUT2D eigenvalue weighted by molar-refractivity contribution is 5.68. The minimum atomic E-state index is -0.323. The molecule has 9 nitrogen and oxygen atoms in total. The number of nitrogens with two attached hydrogens (primary N) is 1. The summed E-state index contributed by atoms with van der Waals surface area (Å²) in [4.78, 5) is 23.8. The van der Waals surface area contributed by atoms with Crippen molar-refractivity contribution in [1.29, 1.82) is 0 Å². The van der Waals surface area contributed by atoms with Gasteiger partial charge in [0.05, 0.1) is 7.11 Å². The number of ether oxygens (including phenoxy) is 1. The molecule has 144 valence electrons. The molecule has 0 radical (unpaired) electrons. The number of rotatable bonds is 3. The van der Waals surface area contributed by atoms with Crippen molar-refractivity contribution < 1.29 is 4.74 Å². The maximum Gasteiger partial charge on any atom is 0.276 e. The average molecular weight is 371 g/mol. The molecule has 2 aliphatic heterocycles. The number of anilines is 3. The van der Waals surface area contributed by atoms with Gasteiger partial charge in [-0.25, -0.2) is 9.97 Å². The van der Waals surface area contributed by atoms with Gasteiger partial charge in [0.2, 0.25) is 5.75 Å². The average Bonchev–Trinajstić information content (AvgIpc) is 3.02. The lowest BCUT2D eigenvalue weighted by atomic mass is 9.97. The molecule has 0 amide bonds. The fourth-order valence-corrected chi connectivity index (χ4v) is 4.06. The van der Waals surface area contributed by atoms with Crippen LogP contribution in [0, 0.1) is 6.92 Å². The number of likely N-dealkylation sites (tertiary alicyclic amines) is 1. The highest BCUT2D eigenvalue weighted by Gasteiger charge is 2.42. The molecule has 0 aromatic carbocycles. The van der Waals surface area contributed by atoms with E-state index in [0.29, 0.717) is 23.8 Å². The number of fused-ring (bicyclic) bond motifs is 2. The van der Waals surface area contributed by atoms with E-state index in [0.717, 1.165) is 37.2 Å². The zero-order valence-corrected chi connectivity index (χ0v) is 15.9. The molecule has 1 spiro atoms. The molecule has 0 saturated carbocycles. The fraction of sp³-hybridized carbons (Fsp3) is 0.500. The van der Waals surface area contributed by atoms with Gasteiger partial charge in [0.25, 0.3) is 5.56 Å². The van der Waals surface area contributed by atoms with Crippen LogP contribution in [0.4, 0.5) is 17.3 Å². The van der Waals surface area contributed by atoms with Crippen molar-refractivity contribution in [1.82, 2.24) is 24.8 Å². The number of nitrogen functional groups attached to an aromatic ring is 1. The number of pyridine rings is 1. The van der Waals surface area contributed by atoms with Gasteiger partial charge in [0.15, 0.2) is 11.6 Å². The predicted molar refractivity (Wildman–Crippen MR) is 103 cm³/mol. The third-order valence-electron chi connectivity index (χ3n) is 5.64. The molecule has 4 rings (SSSR count). The van der Waals surface area contributed by atoms with E-state index in [1.807, 2.05) is 17.6 Å². The number of nitrogens with one attached hydrogen (secondary N) is 2. The molecule has 27 heavy (non-hydrogen) atoms. The summed E-state index contributed by atoms with van der Waals surface area (Å²) in [6.45, 7) is 4.63. The second-order valence-corrected chi connectivity index (χ2v) is 7.28.